The van der Waals surface area contributed by atoms with Gasteiger partial charge < -0.3 is 10.4 Å². The number of aliphatic hydroxyl groups excluding tert-OH is 1. The predicted octanol–water partition coefficient (Wildman–Crippen LogP) is 3.63. The zero-order valence-electron chi connectivity index (χ0n) is 10.8. The molecule has 126 valence electrons. The first-order chi connectivity index (χ1) is 9.72. The Bertz CT molecular complexity index is 570. The fourth-order valence-electron chi connectivity index (χ4n) is 1.83. The van der Waals surface area contributed by atoms with Gasteiger partial charge in [0.25, 0.3) is 5.91 Å². The van der Waals surface area contributed by atoms with Crippen LogP contribution < -0.4 is 5.32 Å². The van der Waals surface area contributed by atoms with Gasteiger partial charge in [0.1, 0.15) is 6.29 Å². The zero-order chi connectivity index (χ0) is 14.4. The number of carbonyl (C=O) groups is 2. The lowest BCUT2D eigenvalue weighted by atomic mass is 9.94. The van der Waals surface area contributed by atoms with Gasteiger partial charge in [-0.25, -0.2) is 0 Å². The van der Waals surface area contributed by atoms with E-state index in [0.717, 1.165) is 17.4 Å². The van der Waals surface area contributed by atoms with E-state index in [1.165, 1.54) is 0 Å². The Hall–Kier alpha value is -2.46. The first kappa shape index (κ1) is 22.8. The van der Waals surface area contributed by atoms with Gasteiger partial charge in [-0.2, -0.15) is 0 Å². The molecule has 2 N–H and O–H groups in total. The lowest BCUT2D eigenvalue weighted by molar-refractivity contribution is -0.142. The second-order valence-corrected chi connectivity index (χ2v) is 4.37. The van der Waals surface area contributed by atoms with E-state index >= 15 is 0 Å². The van der Waals surface area contributed by atoms with E-state index in [0.29, 0.717) is 0 Å². The minimum Gasteiger partial charge on any atom is -0.381 e. The smallest absolute Gasteiger partial charge is 0.251 e. The molecule has 1 fully saturated rings. The van der Waals surface area contributed by atoms with Crippen LogP contribution in [0.15, 0.2) is 60.7 Å². The van der Waals surface area contributed by atoms with Crippen LogP contribution >= 0.6 is 0 Å². The highest BCUT2D eigenvalue weighted by Gasteiger charge is 2.38. The molecule has 23 heavy (non-hydrogen) atoms. The van der Waals surface area contributed by atoms with Gasteiger partial charge in [0, 0.05) is 5.56 Å². The highest BCUT2D eigenvalue weighted by atomic mass is 16.3. The number of aliphatic hydroxyl groups is 1. The molecule has 0 aromatic heterocycles. The van der Waals surface area contributed by atoms with Gasteiger partial charge in [0.15, 0.2) is 6.10 Å². The number of β-lactam (4-membered cyclic amide) rings is 1. The number of hydrogen-bond acceptors (Lipinski definition) is 3. The summed E-state index contributed by atoms with van der Waals surface area (Å²) in [6, 6.07) is 18.3. The number of carbonyl (C=O) groups excluding carboxylic acids is 2. The summed E-state index contributed by atoms with van der Waals surface area (Å²) in [4.78, 5) is 20.7. The molecule has 3 rings (SSSR count). The molecule has 2 aromatic carbocycles. The van der Waals surface area contributed by atoms with Crippen LogP contribution in [-0.4, -0.2) is 23.4 Å². The van der Waals surface area contributed by atoms with Crippen LogP contribution in [0.2, 0.25) is 0 Å². The molecule has 4 nitrogen and oxygen atoms in total. The summed E-state index contributed by atoms with van der Waals surface area (Å²) < 4.78 is 0. The minimum absolute atomic E-state index is 0. The molecule has 0 radical (unpaired) electrons. The summed E-state index contributed by atoms with van der Waals surface area (Å²) in [6.07, 6.45) is -0.0348. The first-order valence-electron chi connectivity index (χ1n) is 6.26. The fourth-order valence-corrected chi connectivity index (χ4v) is 1.83. The van der Waals surface area contributed by atoms with E-state index in [1.54, 1.807) is 12.1 Å². The van der Waals surface area contributed by atoms with E-state index in [2.05, 4.69) is 5.32 Å². The van der Waals surface area contributed by atoms with Crippen molar-refractivity contribution in [2.45, 2.75) is 34.4 Å². The highest BCUT2D eigenvalue weighted by Crippen LogP contribution is 2.23. The van der Waals surface area contributed by atoms with Crippen molar-refractivity contribution in [1.82, 2.24) is 5.32 Å². The van der Waals surface area contributed by atoms with Crippen molar-refractivity contribution in [3.8, 4) is 0 Å². The molecule has 1 saturated heterocycles. The van der Waals surface area contributed by atoms with Crippen molar-refractivity contribution in [2.75, 3.05) is 0 Å². The average molecular weight is 317 g/mol. The van der Waals surface area contributed by atoms with Gasteiger partial charge >= 0.3 is 0 Å². The molecular formula is C19H27NO3. The van der Waals surface area contributed by atoms with E-state index in [1.807, 2.05) is 48.5 Å². The maximum absolute atomic E-state index is 10.7. The van der Waals surface area contributed by atoms with E-state index in [-0.39, 0.29) is 34.2 Å². The third-order valence-electron chi connectivity index (χ3n) is 2.98. The van der Waals surface area contributed by atoms with Crippen LogP contribution in [0.5, 0.6) is 0 Å². The topological polar surface area (TPSA) is 66.4 Å². The Morgan fingerprint density at radius 2 is 1.35 bits per heavy atom. The summed E-state index contributed by atoms with van der Waals surface area (Å²) in [5, 5.41) is 11.8. The average Bonchev–Trinajstić information content (AvgIpc) is 2.54. The number of aldehydes is 1. The van der Waals surface area contributed by atoms with Crippen molar-refractivity contribution < 1.29 is 14.7 Å². The number of amides is 1. The standard InChI is InChI=1S/C9H9NO2.C7H6O.3CH4/c11-8-7(10-9(8)12)6-4-2-1-3-5-6;8-6-7-4-2-1-3-5-7;;;/h1-5,7-8,11H,(H,10,12);1-6H;3*1H4/t7-,8+;;;;/m0..../s1. The van der Waals surface area contributed by atoms with Gasteiger partial charge in [0.2, 0.25) is 0 Å². The Labute approximate surface area is 139 Å². The van der Waals surface area contributed by atoms with Crippen LogP contribution in [0, 0.1) is 0 Å². The number of hydrogen-bond donors (Lipinski definition) is 2. The molecule has 0 aliphatic carbocycles. The molecule has 2 atom stereocenters. The van der Waals surface area contributed by atoms with Crippen molar-refractivity contribution in [3.63, 3.8) is 0 Å². The largest absolute Gasteiger partial charge is 0.381 e. The van der Waals surface area contributed by atoms with E-state index < -0.39 is 6.10 Å². The molecule has 4 heteroatoms. The lowest BCUT2D eigenvalue weighted by Crippen LogP contribution is -2.55. The van der Waals surface area contributed by atoms with Crippen molar-refractivity contribution in [1.29, 1.82) is 0 Å². The summed E-state index contributed by atoms with van der Waals surface area (Å²) in [5.41, 5.74) is 1.68. The van der Waals surface area contributed by atoms with Crippen LogP contribution in [0.1, 0.15) is 44.2 Å². The van der Waals surface area contributed by atoms with Gasteiger partial charge in [-0.05, 0) is 5.56 Å². The molecule has 2 aromatic rings. The van der Waals surface area contributed by atoms with Crippen LogP contribution in [-0.2, 0) is 4.79 Å². The molecule has 0 unspecified atom stereocenters. The van der Waals surface area contributed by atoms with Crippen LogP contribution in [0.25, 0.3) is 0 Å². The molecular weight excluding hydrogens is 290 g/mol. The van der Waals surface area contributed by atoms with Gasteiger partial charge in [-0.15, -0.1) is 0 Å². The van der Waals surface area contributed by atoms with Crippen molar-refractivity contribution >= 4 is 12.2 Å². The van der Waals surface area contributed by atoms with Crippen molar-refractivity contribution in [2.24, 2.45) is 0 Å². The fraction of sp³-hybridized carbons (Fsp3) is 0.263. The molecule has 0 saturated carbocycles. The van der Waals surface area contributed by atoms with E-state index in [4.69, 9.17) is 0 Å². The monoisotopic (exact) mass is 317 g/mol. The summed E-state index contributed by atoms with van der Waals surface area (Å²) >= 11 is 0. The Morgan fingerprint density at radius 1 is 0.870 bits per heavy atom. The second-order valence-electron chi connectivity index (χ2n) is 4.37. The minimum atomic E-state index is -0.868. The maximum atomic E-state index is 10.7. The van der Waals surface area contributed by atoms with Gasteiger partial charge in [-0.3, -0.25) is 9.59 Å². The summed E-state index contributed by atoms with van der Waals surface area (Å²) in [5.74, 6) is -0.288. The van der Waals surface area contributed by atoms with Gasteiger partial charge in [0.05, 0.1) is 6.04 Å². The van der Waals surface area contributed by atoms with Crippen LogP contribution in [0.4, 0.5) is 0 Å². The van der Waals surface area contributed by atoms with E-state index in [9.17, 15) is 14.7 Å². The Morgan fingerprint density at radius 3 is 1.70 bits per heavy atom. The Balaban J connectivity index is 0. The third kappa shape index (κ3) is 6.04. The molecule has 1 heterocycles. The molecule has 1 aliphatic heterocycles. The number of rotatable bonds is 2. The normalized spacial score (nSPS) is 17.3. The predicted molar refractivity (Wildman–Crippen MR) is 95.4 cm³/mol. The summed E-state index contributed by atoms with van der Waals surface area (Å²) in [6.45, 7) is 0. The molecule has 0 bridgehead atoms. The zero-order valence-corrected chi connectivity index (χ0v) is 10.8. The Kier molecular flexibility index (Phi) is 11.1. The summed E-state index contributed by atoms with van der Waals surface area (Å²) in [7, 11) is 0. The first-order valence-corrected chi connectivity index (χ1v) is 6.26. The quantitative estimate of drug-likeness (QED) is 0.656. The SMILES string of the molecule is C.C.C.O=C1N[C@@H](c2ccccc2)[C@H]1O.O=Cc1ccccc1. The number of benzene rings is 2. The third-order valence-corrected chi connectivity index (χ3v) is 2.98. The molecule has 1 amide bonds. The van der Waals surface area contributed by atoms with Crippen molar-refractivity contribution in [3.05, 3.63) is 71.8 Å². The maximum Gasteiger partial charge on any atom is 0.251 e. The van der Waals surface area contributed by atoms with Gasteiger partial charge in [-0.1, -0.05) is 82.9 Å². The highest BCUT2D eigenvalue weighted by molar-refractivity contribution is 5.88. The van der Waals surface area contributed by atoms with Crippen LogP contribution in [0.3, 0.4) is 0 Å². The number of nitrogens with one attached hydrogen (secondary N) is 1. The molecule has 0 spiro atoms. The lowest BCUT2D eigenvalue weighted by Gasteiger charge is -2.33. The molecule has 1 aliphatic rings. The second kappa shape index (κ2) is 11.2.